The van der Waals surface area contributed by atoms with Gasteiger partial charge in [0.25, 0.3) is 0 Å². The van der Waals surface area contributed by atoms with Gasteiger partial charge < -0.3 is 4.74 Å². The van der Waals surface area contributed by atoms with Crippen LogP contribution in [0.25, 0.3) is 5.57 Å². The van der Waals surface area contributed by atoms with Crippen LogP contribution in [0, 0.1) is 0 Å². The molecule has 0 N–H and O–H groups in total. The zero-order valence-electron chi connectivity index (χ0n) is 15.1. The van der Waals surface area contributed by atoms with Gasteiger partial charge in [0, 0.05) is 5.56 Å². The van der Waals surface area contributed by atoms with Crippen molar-refractivity contribution in [2.45, 2.75) is 45.1 Å². The zero-order valence-corrected chi connectivity index (χ0v) is 15.1. The highest BCUT2D eigenvalue weighted by Gasteiger charge is 2.29. The lowest BCUT2D eigenvalue weighted by molar-refractivity contribution is 0.279. The number of aryl methyl sites for hydroxylation is 1. The van der Waals surface area contributed by atoms with Crippen molar-refractivity contribution in [1.82, 2.24) is 0 Å². The average molecular weight is 331 g/mol. The summed E-state index contributed by atoms with van der Waals surface area (Å²) in [6.45, 7) is 4.90. The Morgan fingerprint density at radius 3 is 2.56 bits per heavy atom. The standard InChI is InChI=1S/C23H25NO/c1-23(2)16-25-22(24-23)20-15-9-13-18-12-7-4-8-14-19(21(18)20)17-10-5-3-6-11-17/h3,5-6,9-11,13-15H,4,7-8,12,16H2,1-2H3/b19-14-. The Balaban J connectivity index is 1.91. The summed E-state index contributed by atoms with van der Waals surface area (Å²) >= 11 is 0. The van der Waals surface area contributed by atoms with E-state index in [0.717, 1.165) is 24.3 Å². The first-order valence-electron chi connectivity index (χ1n) is 9.25. The number of hydrogen-bond donors (Lipinski definition) is 0. The van der Waals surface area contributed by atoms with Gasteiger partial charge in [-0.2, -0.15) is 0 Å². The maximum atomic E-state index is 6.00. The summed E-state index contributed by atoms with van der Waals surface area (Å²) in [5, 5.41) is 0. The number of ether oxygens (including phenoxy) is 1. The van der Waals surface area contributed by atoms with E-state index in [9.17, 15) is 0 Å². The molecule has 1 heterocycles. The number of rotatable bonds is 2. The van der Waals surface area contributed by atoms with Crippen molar-refractivity contribution < 1.29 is 4.74 Å². The molecule has 1 aliphatic heterocycles. The van der Waals surface area contributed by atoms with Gasteiger partial charge in [0.05, 0.1) is 5.54 Å². The Bertz CT molecular complexity index is 830. The first kappa shape index (κ1) is 16.1. The van der Waals surface area contributed by atoms with Gasteiger partial charge in [-0.25, -0.2) is 4.99 Å². The van der Waals surface area contributed by atoms with Crippen LogP contribution in [0.4, 0.5) is 0 Å². The van der Waals surface area contributed by atoms with E-state index in [1.165, 1.54) is 35.1 Å². The predicted octanol–water partition coefficient (Wildman–Crippen LogP) is 5.40. The molecule has 2 heteroatoms. The first-order valence-corrected chi connectivity index (χ1v) is 9.25. The minimum Gasteiger partial charge on any atom is -0.475 e. The van der Waals surface area contributed by atoms with Gasteiger partial charge in [-0.3, -0.25) is 0 Å². The van der Waals surface area contributed by atoms with Crippen LogP contribution < -0.4 is 0 Å². The lowest BCUT2D eigenvalue weighted by Crippen LogP contribution is -2.17. The molecule has 0 saturated heterocycles. The smallest absolute Gasteiger partial charge is 0.217 e. The van der Waals surface area contributed by atoms with Gasteiger partial charge in [0.1, 0.15) is 6.61 Å². The van der Waals surface area contributed by atoms with Gasteiger partial charge in [0.2, 0.25) is 5.90 Å². The van der Waals surface area contributed by atoms with Crippen LogP contribution in [-0.2, 0) is 11.2 Å². The number of hydrogen-bond acceptors (Lipinski definition) is 2. The third-order valence-corrected chi connectivity index (χ3v) is 4.95. The quantitative estimate of drug-likeness (QED) is 0.722. The molecule has 0 amide bonds. The van der Waals surface area contributed by atoms with Crippen LogP contribution in [0.1, 0.15) is 55.4 Å². The van der Waals surface area contributed by atoms with Crippen LogP contribution in [0.15, 0.2) is 59.6 Å². The summed E-state index contributed by atoms with van der Waals surface area (Å²) in [7, 11) is 0. The van der Waals surface area contributed by atoms with Gasteiger partial charge in [-0.15, -0.1) is 0 Å². The van der Waals surface area contributed by atoms with E-state index in [1.54, 1.807) is 0 Å². The second-order valence-electron chi connectivity index (χ2n) is 7.59. The Kier molecular flexibility index (Phi) is 4.20. The minimum atomic E-state index is -0.143. The van der Waals surface area contributed by atoms with Crippen molar-refractivity contribution in [3.05, 3.63) is 76.9 Å². The summed E-state index contributed by atoms with van der Waals surface area (Å²) in [5.41, 5.74) is 6.31. The molecule has 1 aliphatic carbocycles. The van der Waals surface area contributed by atoms with Crippen LogP contribution in [0.2, 0.25) is 0 Å². The summed E-state index contributed by atoms with van der Waals surface area (Å²) in [6, 6.07) is 17.3. The molecule has 2 aromatic carbocycles. The number of fused-ring (bicyclic) bond motifs is 1. The minimum absolute atomic E-state index is 0.143. The second kappa shape index (κ2) is 6.51. The SMILES string of the molecule is CC1(C)COC(c2cccc3c2/C(c2ccccc2)=C\CCCC3)=N1. The Labute approximate surface area is 150 Å². The molecule has 0 aromatic heterocycles. The van der Waals surface area contributed by atoms with E-state index < -0.39 is 0 Å². The molecule has 2 nitrogen and oxygen atoms in total. The number of benzene rings is 2. The second-order valence-corrected chi connectivity index (χ2v) is 7.59. The molecular weight excluding hydrogens is 306 g/mol. The molecule has 0 fully saturated rings. The van der Waals surface area contributed by atoms with Crippen molar-refractivity contribution in [2.75, 3.05) is 6.61 Å². The van der Waals surface area contributed by atoms with E-state index >= 15 is 0 Å². The van der Waals surface area contributed by atoms with Crippen molar-refractivity contribution in [1.29, 1.82) is 0 Å². The van der Waals surface area contributed by atoms with E-state index in [4.69, 9.17) is 9.73 Å². The van der Waals surface area contributed by atoms with Gasteiger partial charge in [-0.05, 0) is 67.9 Å². The van der Waals surface area contributed by atoms with Crippen molar-refractivity contribution in [3.8, 4) is 0 Å². The summed E-state index contributed by atoms with van der Waals surface area (Å²) in [5.74, 6) is 0.796. The highest BCUT2D eigenvalue weighted by atomic mass is 16.5. The van der Waals surface area contributed by atoms with Gasteiger partial charge in [0.15, 0.2) is 0 Å². The zero-order chi connectivity index (χ0) is 17.3. The number of nitrogens with zero attached hydrogens (tertiary/aromatic N) is 1. The summed E-state index contributed by atoms with van der Waals surface area (Å²) in [6.07, 6.45) is 7.11. The summed E-state index contributed by atoms with van der Waals surface area (Å²) < 4.78 is 6.00. The highest BCUT2D eigenvalue weighted by Crippen LogP contribution is 2.35. The van der Waals surface area contributed by atoms with Crippen LogP contribution in [0.3, 0.4) is 0 Å². The molecule has 0 spiro atoms. The van der Waals surface area contributed by atoms with Crippen LogP contribution in [0.5, 0.6) is 0 Å². The number of allylic oxidation sites excluding steroid dienone is 1. The monoisotopic (exact) mass is 331 g/mol. The Hall–Kier alpha value is -2.35. The van der Waals surface area contributed by atoms with E-state index in [1.807, 2.05) is 0 Å². The lowest BCUT2D eigenvalue weighted by atomic mass is 9.85. The fraction of sp³-hybridized carbons (Fsp3) is 0.348. The predicted molar refractivity (Wildman–Crippen MR) is 104 cm³/mol. The third-order valence-electron chi connectivity index (χ3n) is 4.95. The Morgan fingerprint density at radius 1 is 0.960 bits per heavy atom. The normalized spacial score (nSPS) is 21.2. The molecule has 2 aliphatic rings. The molecule has 0 unspecified atom stereocenters. The third kappa shape index (κ3) is 3.26. The van der Waals surface area contributed by atoms with E-state index in [-0.39, 0.29) is 5.54 Å². The molecule has 0 bridgehead atoms. The van der Waals surface area contributed by atoms with Crippen molar-refractivity contribution in [2.24, 2.45) is 4.99 Å². The van der Waals surface area contributed by atoms with Crippen molar-refractivity contribution >= 4 is 11.5 Å². The maximum Gasteiger partial charge on any atom is 0.217 e. The molecule has 2 aromatic rings. The number of aliphatic imine (C=N–C) groups is 1. The van der Waals surface area contributed by atoms with Gasteiger partial charge >= 0.3 is 0 Å². The molecule has 0 radical (unpaired) electrons. The Morgan fingerprint density at radius 2 is 1.80 bits per heavy atom. The fourth-order valence-electron chi connectivity index (χ4n) is 3.72. The molecule has 4 rings (SSSR count). The topological polar surface area (TPSA) is 21.6 Å². The highest BCUT2D eigenvalue weighted by molar-refractivity contribution is 6.02. The largest absolute Gasteiger partial charge is 0.475 e. The first-order chi connectivity index (χ1) is 12.1. The average Bonchev–Trinajstić information content (AvgIpc) is 2.96. The molecular formula is C23H25NO. The molecule has 25 heavy (non-hydrogen) atoms. The van der Waals surface area contributed by atoms with Crippen molar-refractivity contribution in [3.63, 3.8) is 0 Å². The van der Waals surface area contributed by atoms with Gasteiger partial charge in [-0.1, -0.05) is 48.5 Å². The van der Waals surface area contributed by atoms with Crippen LogP contribution in [-0.4, -0.2) is 18.0 Å². The molecule has 0 atom stereocenters. The van der Waals surface area contributed by atoms with E-state index in [0.29, 0.717) is 6.61 Å². The van der Waals surface area contributed by atoms with E-state index in [2.05, 4.69) is 68.5 Å². The fourth-order valence-corrected chi connectivity index (χ4v) is 3.72. The molecule has 128 valence electrons. The molecule has 0 saturated carbocycles. The summed E-state index contributed by atoms with van der Waals surface area (Å²) in [4.78, 5) is 4.85. The lowest BCUT2D eigenvalue weighted by Gasteiger charge is -2.20. The van der Waals surface area contributed by atoms with Crippen LogP contribution >= 0.6 is 0 Å². The maximum absolute atomic E-state index is 6.00.